The maximum absolute atomic E-state index is 11.9. The standard InChI is InChI=1S/C13H18N2O3/c1-18-7-5-13(3-4-13)9-15-12(17)10-2-6-14-8-11(10)16/h2,6,8,16H,3-5,7,9H2,1H3,(H,15,17). The molecule has 0 atom stereocenters. The zero-order valence-corrected chi connectivity index (χ0v) is 10.5. The van der Waals surface area contributed by atoms with Crippen LogP contribution >= 0.6 is 0 Å². The van der Waals surface area contributed by atoms with Crippen LogP contribution in [-0.4, -0.2) is 36.3 Å². The van der Waals surface area contributed by atoms with Gasteiger partial charge in [-0.2, -0.15) is 0 Å². The molecule has 1 aromatic heterocycles. The number of ether oxygens (including phenoxy) is 1. The number of rotatable bonds is 6. The highest BCUT2D eigenvalue weighted by molar-refractivity contribution is 5.96. The number of pyridine rings is 1. The third-order valence-electron chi connectivity index (χ3n) is 3.46. The molecule has 1 heterocycles. The number of nitrogens with zero attached hydrogens (tertiary/aromatic N) is 1. The minimum atomic E-state index is -0.251. The third kappa shape index (κ3) is 2.98. The average Bonchev–Trinajstić information content (AvgIpc) is 3.15. The van der Waals surface area contributed by atoms with E-state index in [1.807, 2.05) is 0 Å². The molecule has 0 bridgehead atoms. The largest absolute Gasteiger partial charge is 0.505 e. The second-order valence-electron chi connectivity index (χ2n) is 4.82. The van der Waals surface area contributed by atoms with Crippen molar-refractivity contribution < 1.29 is 14.6 Å². The highest BCUT2D eigenvalue weighted by Crippen LogP contribution is 2.48. The number of methoxy groups -OCH3 is 1. The van der Waals surface area contributed by atoms with Gasteiger partial charge in [-0.05, 0) is 30.7 Å². The molecule has 0 aromatic carbocycles. The van der Waals surface area contributed by atoms with Crippen LogP contribution < -0.4 is 5.32 Å². The number of carbonyl (C=O) groups excluding carboxylic acids is 1. The molecule has 0 aliphatic heterocycles. The molecule has 0 saturated heterocycles. The summed E-state index contributed by atoms with van der Waals surface area (Å²) in [5.41, 5.74) is 0.474. The van der Waals surface area contributed by atoms with Crippen molar-refractivity contribution >= 4 is 5.91 Å². The molecule has 0 spiro atoms. The van der Waals surface area contributed by atoms with E-state index in [0.717, 1.165) is 25.9 Å². The summed E-state index contributed by atoms with van der Waals surface area (Å²) in [6.07, 6.45) is 5.98. The molecule has 1 fully saturated rings. The summed E-state index contributed by atoms with van der Waals surface area (Å²) < 4.78 is 5.07. The molecular formula is C13H18N2O3. The van der Waals surface area contributed by atoms with Gasteiger partial charge in [0.15, 0.2) is 0 Å². The minimum absolute atomic E-state index is 0.0864. The van der Waals surface area contributed by atoms with Crippen molar-refractivity contribution in [2.45, 2.75) is 19.3 Å². The number of carbonyl (C=O) groups is 1. The molecule has 0 radical (unpaired) electrons. The maximum Gasteiger partial charge on any atom is 0.255 e. The van der Waals surface area contributed by atoms with Crippen LogP contribution in [0.2, 0.25) is 0 Å². The van der Waals surface area contributed by atoms with Crippen molar-refractivity contribution in [1.29, 1.82) is 0 Å². The lowest BCUT2D eigenvalue weighted by molar-refractivity contribution is 0.0935. The first-order valence-electron chi connectivity index (χ1n) is 6.07. The Balaban J connectivity index is 1.87. The van der Waals surface area contributed by atoms with E-state index in [0.29, 0.717) is 6.54 Å². The monoisotopic (exact) mass is 250 g/mol. The Morgan fingerprint density at radius 3 is 3.00 bits per heavy atom. The topological polar surface area (TPSA) is 71.5 Å². The number of aromatic hydroxyl groups is 1. The van der Waals surface area contributed by atoms with Crippen LogP contribution in [0.5, 0.6) is 5.75 Å². The Kier molecular flexibility index (Phi) is 3.81. The quantitative estimate of drug-likeness (QED) is 0.799. The van der Waals surface area contributed by atoms with Crippen LogP contribution in [0.1, 0.15) is 29.6 Å². The van der Waals surface area contributed by atoms with E-state index >= 15 is 0 Å². The van der Waals surface area contributed by atoms with Crippen LogP contribution in [-0.2, 0) is 4.74 Å². The fourth-order valence-corrected chi connectivity index (χ4v) is 1.95. The van der Waals surface area contributed by atoms with Gasteiger partial charge in [-0.1, -0.05) is 0 Å². The zero-order chi connectivity index (χ0) is 13.0. The van der Waals surface area contributed by atoms with Gasteiger partial charge in [0.2, 0.25) is 0 Å². The summed E-state index contributed by atoms with van der Waals surface area (Å²) in [6.45, 7) is 1.35. The smallest absolute Gasteiger partial charge is 0.255 e. The van der Waals surface area contributed by atoms with Gasteiger partial charge < -0.3 is 15.2 Å². The molecule has 0 unspecified atom stereocenters. The van der Waals surface area contributed by atoms with Gasteiger partial charge in [0.25, 0.3) is 5.91 Å². The lowest BCUT2D eigenvalue weighted by Crippen LogP contribution is -2.30. The lowest BCUT2D eigenvalue weighted by atomic mass is 10.0. The van der Waals surface area contributed by atoms with E-state index in [-0.39, 0.29) is 22.6 Å². The van der Waals surface area contributed by atoms with Gasteiger partial charge in [0, 0.05) is 26.5 Å². The SMILES string of the molecule is COCCC1(CNC(=O)c2ccncc2O)CC1. The second kappa shape index (κ2) is 5.35. The normalized spacial score (nSPS) is 16.3. The van der Waals surface area contributed by atoms with Crippen LogP contribution in [0.15, 0.2) is 18.5 Å². The van der Waals surface area contributed by atoms with Gasteiger partial charge in [0.1, 0.15) is 5.75 Å². The summed E-state index contributed by atoms with van der Waals surface area (Å²) in [6, 6.07) is 1.51. The zero-order valence-electron chi connectivity index (χ0n) is 10.5. The summed E-state index contributed by atoms with van der Waals surface area (Å²) >= 11 is 0. The minimum Gasteiger partial charge on any atom is -0.505 e. The van der Waals surface area contributed by atoms with Crippen molar-refractivity contribution in [2.75, 3.05) is 20.3 Å². The van der Waals surface area contributed by atoms with Crippen molar-refractivity contribution in [1.82, 2.24) is 10.3 Å². The molecule has 5 heteroatoms. The molecule has 2 N–H and O–H groups in total. The van der Waals surface area contributed by atoms with E-state index in [2.05, 4.69) is 10.3 Å². The van der Waals surface area contributed by atoms with Crippen LogP contribution in [0.3, 0.4) is 0 Å². The molecular weight excluding hydrogens is 232 g/mol. The molecule has 1 aliphatic carbocycles. The molecule has 1 aromatic rings. The summed E-state index contributed by atoms with van der Waals surface area (Å²) in [4.78, 5) is 15.6. The van der Waals surface area contributed by atoms with Crippen molar-refractivity contribution in [3.05, 3.63) is 24.0 Å². The summed E-state index contributed by atoms with van der Waals surface area (Å²) in [5, 5.41) is 12.4. The van der Waals surface area contributed by atoms with Gasteiger partial charge >= 0.3 is 0 Å². The molecule has 5 nitrogen and oxygen atoms in total. The Morgan fingerprint density at radius 1 is 1.61 bits per heavy atom. The summed E-state index contributed by atoms with van der Waals surface area (Å²) in [5.74, 6) is -0.338. The number of hydrogen-bond acceptors (Lipinski definition) is 4. The Morgan fingerprint density at radius 2 is 2.39 bits per heavy atom. The van der Waals surface area contributed by atoms with E-state index in [1.165, 1.54) is 18.5 Å². The number of aromatic nitrogens is 1. The van der Waals surface area contributed by atoms with Crippen LogP contribution in [0.4, 0.5) is 0 Å². The van der Waals surface area contributed by atoms with Crippen LogP contribution in [0.25, 0.3) is 0 Å². The van der Waals surface area contributed by atoms with E-state index < -0.39 is 0 Å². The molecule has 1 amide bonds. The molecule has 98 valence electrons. The molecule has 1 saturated carbocycles. The van der Waals surface area contributed by atoms with Gasteiger partial charge in [-0.3, -0.25) is 9.78 Å². The summed E-state index contributed by atoms with van der Waals surface area (Å²) in [7, 11) is 1.68. The highest BCUT2D eigenvalue weighted by atomic mass is 16.5. The van der Waals surface area contributed by atoms with Crippen molar-refractivity contribution in [3.63, 3.8) is 0 Å². The van der Waals surface area contributed by atoms with E-state index in [4.69, 9.17) is 4.74 Å². The Labute approximate surface area is 106 Å². The highest BCUT2D eigenvalue weighted by Gasteiger charge is 2.42. The number of nitrogens with one attached hydrogen (secondary N) is 1. The van der Waals surface area contributed by atoms with Crippen molar-refractivity contribution in [2.24, 2.45) is 5.41 Å². The van der Waals surface area contributed by atoms with Gasteiger partial charge in [0.05, 0.1) is 11.8 Å². The van der Waals surface area contributed by atoms with Gasteiger partial charge in [-0.25, -0.2) is 0 Å². The maximum atomic E-state index is 11.9. The second-order valence-corrected chi connectivity index (χ2v) is 4.82. The molecule has 18 heavy (non-hydrogen) atoms. The predicted octanol–water partition coefficient (Wildman–Crippen LogP) is 1.33. The number of amides is 1. The van der Waals surface area contributed by atoms with E-state index in [1.54, 1.807) is 7.11 Å². The fourth-order valence-electron chi connectivity index (χ4n) is 1.95. The Bertz CT molecular complexity index is 430. The fraction of sp³-hybridized carbons (Fsp3) is 0.538. The molecule has 2 rings (SSSR count). The Hall–Kier alpha value is -1.62. The first-order chi connectivity index (χ1) is 8.67. The first kappa shape index (κ1) is 12.8. The lowest BCUT2D eigenvalue weighted by Gasteiger charge is -2.15. The van der Waals surface area contributed by atoms with Crippen molar-refractivity contribution in [3.8, 4) is 5.75 Å². The average molecular weight is 250 g/mol. The van der Waals surface area contributed by atoms with Gasteiger partial charge in [-0.15, -0.1) is 0 Å². The van der Waals surface area contributed by atoms with Crippen LogP contribution in [0, 0.1) is 5.41 Å². The van der Waals surface area contributed by atoms with E-state index in [9.17, 15) is 9.90 Å². The predicted molar refractivity (Wildman–Crippen MR) is 66.4 cm³/mol. The third-order valence-corrected chi connectivity index (χ3v) is 3.46. The first-order valence-corrected chi connectivity index (χ1v) is 6.07. The number of hydrogen-bond donors (Lipinski definition) is 2. The molecule has 1 aliphatic rings.